The molecule has 178 valence electrons. The molecule has 1 unspecified atom stereocenters. The minimum absolute atomic E-state index is 0.212. The summed E-state index contributed by atoms with van der Waals surface area (Å²) in [5.41, 5.74) is 3.60. The molecule has 35 heavy (non-hydrogen) atoms. The van der Waals surface area contributed by atoms with E-state index >= 15 is 0 Å². The molecule has 0 saturated heterocycles. The second-order valence-corrected chi connectivity index (χ2v) is 10.4. The van der Waals surface area contributed by atoms with Crippen molar-refractivity contribution in [3.05, 3.63) is 131 Å². The molecule has 0 fully saturated rings. The molecule has 0 bridgehead atoms. The number of rotatable bonds is 8. The minimum atomic E-state index is -3.72. The van der Waals surface area contributed by atoms with Crippen molar-refractivity contribution in [1.29, 1.82) is 0 Å². The molecule has 0 N–H and O–H groups in total. The number of benzene rings is 4. The molecule has 0 aliphatic carbocycles. The molecule has 4 rings (SSSR count). The minimum Gasteiger partial charge on any atom is -0.266 e. The van der Waals surface area contributed by atoms with Gasteiger partial charge in [-0.2, -0.15) is 5.06 Å². The Morgan fingerprint density at radius 3 is 1.83 bits per heavy atom. The maximum Gasteiger partial charge on any atom is 0.282 e. The van der Waals surface area contributed by atoms with Crippen LogP contribution in [-0.2, 0) is 14.7 Å². The van der Waals surface area contributed by atoms with Gasteiger partial charge in [0.1, 0.15) is 6.10 Å². The fourth-order valence-corrected chi connectivity index (χ4v) is 5.02. The first-order chi connectivity index (χ1) is 16.8. The van der Waals surface area contributed by atoms with Crippen molar-refractivity contribution >= 4 is 21.4 Å². The number of sulfone groups is 1. The molecule has 0 aromatic heterocycles. The van der Waals surface area contributed by atoms with E-state index in [9.17, 15) is 13.2 Å². The summed E-state index contributed by atoms with van der Waals surface area (Å²) in [6.45, 7) is 3.86. The summed E-state index contributed by atoms with van der Waals surface area (Å²) in [5, 5.41) is 1.19. The van der Waals surface area contributed by atoms with Crippen LogP contribution in [0.25, 0.3) is 0 Å². The second kappa shape index (κ2) is 10.7. The van der Waals surface area contributed by atoms with E-state index in [1.807, 2.05) is 50.2 Å². The summed E-state index contributed by atoms with van der Waals surface area (Å²) >= 11 is 0. The maximum atomic E-state index is 13.5. The number of hydrogen-bond acceptors (Lipinski definition) is 4. The molecule has 4 aromatic carbocycles. The van der Waals surface area contributed by atoms with Crippen molar-refractivity contribution < 1.29 is 18.0 Å². The average molecular weight is 486 g/mol. The lowest BCUT2D eigenvalue weighted by molar-refractivity contribution is 0.0357. The van der Waals surface area contributed by atoms with Crippen LogP contribution < -0.4 is 5.06 Å². The fourth-order valence-electron chi connectivity index (χ4n) is 3.62. The maximum absolute atomic E-state index is 13.5. The zero-order chi connectivity index (χ0) is 24.8. The Hall–Kier alpha value is -3.74. The van der Waals surface area contributed by atoms with Crippen LogP contribution in [0.15, 0.2) is 114 Å². The normalized spacial score (nSPS) is 12.2. The van der Waals surface area contributed by atoms with Crippen LogP contribution >= 0.6 is 0 Å². The standard InChI is InChI=1S/C29H27NO4S/c1-22-13-17-24(18-14-22)28(21-35(32,33)27-19-15-23(2)16-20-27)34-30(26-11-7-4-8-12-26)29(31)25-9-5-3-6-10-25/h3-20,28H,21H2,1-2H3. The lowest BCUT2D eigenvalue weighted by atomic mass is 10.1. The number of hydroxylamine groups is 1. The van der Waals surface area contributed by atoms with Crippen molar-refractivity contribution in [2.24, 2.45) is 0 Å². The van der Waals surface area contributed by atoms with Gasteiger partial charge in [-0.05, 0) is 55.8 Å². The molecular weight excluding hydrogens is 458 g/mol. The van der Waals surface area contributed by atoms with Gasteiger partial charge in [0.15, 0.2) is 9.84 Å². The molecule has 0 aliphatic heterocycles. The number of hydrogen-bond donors (Lipinski definition) is 0. The first-order valence-corrected chi connectivity index (χ1v) is 13.0. The first-order valence-electron chi connectivity index (χ1n) is 11.3. The Bertz CT molecular complexity index is 1370. The van der Waals surface area contributed by atoms with E-state index in [1.54, 1.807) is 72.8 Å². The number of aryl methyl sites for hydroxylation is 2. The van der Waals surface area contributed by atoms with Crippen molar-refractivity contribution in [3.63, 3.8) is 0 Å². The second-order valence-electron chi connectivity index (χ2n) is 8.40. The number of carbonyl (C=O) groups excluding carboxylic acids is 1. The molecule has 0 spiro atoms. The zero-order valence-corrected chi connectivity index (χ0v) is 20.5. The van der Waals surface area contributed by atoms with Gasteiger partial charge in [-0.25, -0.2) is 8.42 Å². The Labute approximate surface area is 206 Å². The van der Waals surface area contributed by atoms with Gasteiger partial charge in [-0.1, -0.05) is 83.9 Å². The SMILES string of the molecule is Cc1ccc(C(CS(=O)(=O)c2ccc(C)cc2)ON(C(=O)c2ccccc2)c2ccccc2)cc1. The molecule has 6 heteroatoms. The van der Waals surface area contributed by atoms with Crippen LogP contribution in [0.1, 0.15) is 33.2 Å². The molecule has 0 aliphatic rings. The van der Waals surface area contributed by atoms with Gasteiger partial charge >= 0.3 is 0 Å². The highest BCUT2D eigenvalue weighted by Gasteiger charge is 2.29. The van der Waals surface area contributed by atoms with E-state index in [0.717, 1.165) is 11.1 Å². The molecule has 4 aromatic rings. The van der Waals surface area contributed by atoms with E-state index in [-0.39, 0.29) is 16.6 Å². The number of amides is 1. The quantitative estimate of drug-likeness (QED) is 0.283. The Morgan fingerprint density at radius 1 is 0.743 bits per heavy atom. The third-order valence-electron chi connectivity index (χ3n) is 5.63. The fraction of sp³-hybridized carbons (Fsp3) is 0.138. The van der Waals surface area contributed by atoms with Crippen LogP contribution in [0.4, 0.5) is 5.69 Å². The van der Waals surface area contributed by atoms with Crippen molar-refractivity contribution in [2.45, 2.75) is 24.8 Å². The Morgan fingerprint density at radius 2 is 1.26 bits per heavy atom. The molecule has 1 amide bonds. The smallest absolute Gasteiger partial charge is 0.266 e. The molecule has 1 atom stereocenters. The lowest BCUT2D eigenvalue weighted by Gasteiger charge is -2.28. The predicted octanol–water partition coefficient (Wildman–Crippen LogP) is 6.10. The summed E-state index contributed by atoms with van der Waals surface area (Å²) in [4.78, 5) is 20.0. The molecule has 0 heterocycles. The van der Waals surface area contributed by atoms with Crippen LogP contribution in [0.5, 0.6) is 0 Å². The van der Waals surface area contributed by atoms with E-state index in [0.29, 0.717) is 16.8 Å². The third-order valence-corrected chi connectivity index (χ3v) is 7.36. The van der Waals surface area contributed by atoms with Gasteiger partial charge in [0, 0.05) is 5.56 Å². The zero-order valence-electron chi connectivity index (χ0n) is 19.7. The molecule has 0 saturated carbocycles. The summed E-state index contributed by atoms with van der Waals surface area (Å²) in [7, 11) is -3.72. The van der Waals surface area contributed by atoms with E-state index in [4.69, 9.17) is 4.84 Å². The van der Waals surface area contributed by atoms with Gasteiger partial charge in [-0.15, -0.1) is 0 Å². The summed E-state index contributed by atoms with van der Waals surface area (Å²) in [6, 6.07) is 31.9. The number of para-hydroxylation sites is 1. The van der Waals surface area contributed by atoms with Gasteiger partial charge in [0.05, 0.1) is 16.3 Å². The summed E-state index contributed by atoms with van der Waals surface area (Å²) < 4.78 is 26.7. The third kappa shape index (κ3) is 6.04. The van der Waals surface area contributed by atoms with Crippen molar-refractivity contribution in [1.82, 2.24) is 0 Å². The van der Waals surface area contributed by atoms with Crippen LogP contribution in [0, 0.1) is 13.8 Å². The van der Waals surface area contributed by atoms with Gasteiger partial charge in [0.25, 0.3) is 5.91 Å². The Balaban J connectivity index is 1.74. The van der Waals surface area contributed by atoms with Crippen LogP contribution in [0.2, 0.25) is 0 Å². The van der Waals surface area contributed by atoms with Gasteiger partial charge in [0.2, 0.25) is 0 Å². The first kappa shape index (κ1) is 24.4. The van der Waals surface area contributed by atoms with Gasteiger partial charge in [-0.3, -0.25) is 9.63 Å². The summed E-state index contributed by atoms with van der Waals surface area (Å²) in [6.07, 6.45) is -0.922. The monoisotopic (exact) mass is 485 g/mol. The molecular formula is C29H27NO4S. The van der Waals surface area contributed by atoms with E-state index in [2.05, 4.69) is 0 Å². The number of anilines is 1. The van der Waals surface area contributed by atoms with Crippen LogP contribution in [0.3, 0.4) is 0 Å². The average Bonchev–Trinajstić information content (AvgIpc) is 2.88. The predicted molar refractivity (Wildman–Crippen MR) is 138 cm³/mol. The molecule has 0 radical (unpaired) electrons. The highest BCUT2D eigenvalue weighted by molar-refractivity contribution is 7.91. The van der Waals surface area contributed by atoms with Gasteiger partial charge < -0.3 is 0 Å². The number of nitrogens with zero attached hydrogens (tertiary/aromatic N) is 1. The summed E-state index contributed by atoms with van der Waals surface area (Å²) in [5.74, 6) is -0.716. The largest absolute Gasteiger partial charge is 0.282 e. The van der Waals surface area contributed by atoms with Crippen molar-refractivity contribution in [2.75, 3.05) is 10.8 Å². The molecule has 5 nitrogen and oxygen atoms in total. The topological polar surface area (TPSA) is 63.7 Å². The lowest BCUT2D eigenvalue weighted by Crippen LogP contribution is -2.34. The highest BCUT2D eigenvalue weighted by atomic mass is 32.2. The highest BCUT2D eigenvalue weighted by Crippen LogP contribution is 2.28. The number of carbonyl (C=O) groups is 1. The Kier molecular flexibility index (Phi) is 7.44. The van der Waals surface area contributed by atoms with E-state index in [1.165, 1.54) is 5.06 Å². The van der Waals surface area contributed by atoms with E-state index < -0.39 is 15.9 Å². The van der Waals surface area contributed by atoms with Crippen molar-refractivity contribution in [3.8, 4) is 0 Å². The van der Waals surface area contributed by atoms with Crippen LogP contribution in [-0.4, -0.2) is 20.1 Å².